The maximum absolute atomic E-state index is 12.6. The highest BCUT2D eigenvalue weighted by atomic mass is 16.2. The van der Waals surface area contributed by atoms with Crippen LogP contribution in [-0.4, -0.2) is 48.5 Å². The zero-order valence-electron chi connectivity index (χ0n) is 14.5. The van der Waals surface area contributed by atoms with Crippen LogP contribution in [-0.2, 0) is 7.05 Å². The van der Waals surface area contributed by atoms with Crippen LogP contribution in [0.1, 0.15) is 35.1 Å². The summed E-state index contributed by atoms with van der Waals surface area (Å²) in [5.41, 5.74) is 0.296. The predicted molar refractivity (Wildman–Crippen MR) is 95.2 cm³/mol. The normalized spacial score (nSPS) is 15.1. The summed E-state index contributed by atoms with van der Waals surface area (Å²) in [6.45, 7) is 1.93. The third-order valence-corrected chi connectivity index (χ3v) is 4.42. The number of aromatic nitrogens is 6. The molecular weight excluding hydrogens is 332 g/mol. The molecule has 4 heterocycles. The van der Waals surface area contributed by atoms with Gasteiger partial charge in [0.05, 0.1) is 0 Å². The molecule has 0 radical (unpaired) electrons. The molecule has 2 N–H and O–H groups in total. The first-order chi connectivity index (χ1) is 12.7. The number of carbonyl (C=O) groups excluding carboxylic acids is 1. The van der Waals surface area contributed by atoms with Crippen molar-refractivity contribution in [2.45, 2.75) is 18.8 Å². The minimum Gasteiger partial charge on any atom is -0.317 e. The van der Waals surface area contributed by atoms with Gasteiger partial charge in [-0.05, 0) is 44.1 Å². The molecule has 0 aliphatic carbocycles. The fourth-order valence-electron chi connectivity index (χ4n) is 3.01. The first-order valence-corrected chi connectivity index (χ1v) is 8.61. The Hall–Kier alpha value is -3.07. The van der Waals surface area contributed by atoms with Crippen LogP contribution in [0, 0.1) is 0 Å². The van der Waals surface area contributed by atoms with Crippen LogP contribution < -0.4 is 10.6 Å². The van der Waals surface area contributed by atoms with Crippen LogP contribution in [0.5, 0.6) is 0 Å². The highest BCUT2D eigenvalue weighted by Crippen LogP contribution is 2.23. The summed E-state index contributed by atoms with van der Waals surface area (Å²) in [5.74, 6) is 1.79. The van der Waals surface area contributed by atoms with Crippen molar-refractivity contribution >= 4 is 11.9 Å². The number of anilines is 1. The van der Waals surface area contributed by atoms with Gasteiger partial charge in [0.2, 0.25) is 5.95 Å². The maximum Gasteiger partial charge on any atom is 0.276 e. The number of aryl methyl sites for hydroxylation is 1. The van der Waals surface area contributed by atoms with Crippen LogP contribution in [0.15, 0.2) is 36.7 Å². The lowest BCUT2D eigenvalue weighted by Gasteiger charge is -2.19. The summed E-state index contributed by atoms with van der Waals surface area (Å²) in [4.78, 5) is 21.5. The fourth-order valence-corrected chi connectivity index (χ4v) is 3.01. The summed E-state index contributed by atoms with van der Waals surface area (Å²) in [6.07, 6.45) is 5.45. The number of hydrogen-bond acceptors (Lipinski definition) is 6. The molecule has 1 saturated heterocycles. The van der Waals surface area contributed by atoms with Crippen LogP contribution in [0.4, 0.5) is 5.95 Å². The number of amides is 1. The Morgan fingerprint density at radius 3 is 2.85 bits per heavy atom. The number of pyridine rings is 1. The van der Waals surface area contributed by atoms with E-state index in [2.05, 4.69) is 30.8 Å². The molecule has 0 aromatic carbocycles. The van der Waals surface area contributed by atoms with Gasteiger partial charge in [-0.3, -0.25) is 10.1 Å². The second-order valence-electron chi connectivity index (χ2n) is 6.23. The van der Waals surface area contributed by atoms with Gasteiger partial charge < -0.3 is 5.32 Å². The molecular formula is C17H20N8O. The zero-order valence-corrected chi connectivity index (χ0v) is 14.5. The summed E-state index contributed by atoms with van der Waals surface area (Å²) in [5, 5.41) is 14.7. The van der Waals surface area contributed by atoms with Gasteiger partial charge in [-0.15, -0.1) is 0 Å². The lowest BCUT2D eigenvalue weighted by molar-refractivity contribution is 0.102. The third-order valence-electron chi connectivity index (χ3n) is 4.42. The molecule has 3 aromatic heterocycles. The quantitative estimate of drug-likeness (QED) is 0.729. The number of nitrogens with zero attached hydrogens (tertiary/aromatic N) is 6. The van der Waals surface area contributed by atoms with E-state index in [0.717, 1.165) is 31.8 Å². The van der Waals surface area contributed by atoms with Gasteiger partial charge >= 0.3 is 0 Å². The monoisotopic (exact) mass is 352 g/mol. The van der Waals surface area contributed by atoms with E-state index < -0.39 is 0 Å². The van der Waals surface area contributed by atoms with Crippen molar-refractivity contribution in [1.29, 1.82) is 0 Å². The highest BCUT2D eigenvalue weighted by molar-refractivity contribution is 6.02. The lowest BCUT2D eigenvalue weighted by Crippen LogP contribution is -2.27. The third kappa shape index (κ3) is 3.33. The van der Waals surface area contributed by atoms with Crippen molar-refractivity contribution < 1.29 is 4.79 Å². The molecule has 0 unspecified atom stereocenters. The molecule has 1 aliphatic rings. The van der Waals surface area contributed by atoms with E-state index >= 15 is 0 Å². The fraction of sp³-hybridized carbons (Fsp3) is 0.353. The molecule has 0 spiro atoms. The standard InChI is InChI=1S/C17H20N8O/c1-24-17(21-15(23-24)12-6-9-18-10-7-12)22-16(26)13-4-2-5-14(20-13)25-11-3-8-19-25/h2-5,8,11-12,18H,6-7,9-10H2,1H3,(H,21,22,23,26). The molecule has 134 valence electrons. The highest BCUT2D eigenvalue weighted by Gasteiger charge is 2.21. The number of nitrogens with one attached hydrogen (secondary N) is 2. The molecule has 0 atom stereocenters. The minimum atomic E-state index is -0.327. The summed E-state index contributed by atoms with van der Waals surface area (Å²) in [7, 11) is 1.78. The lowest BCUT2D eigenvalue weighted by atomic mass is 9.98. The molecule has 0 saturated carbocycles. The molecule has 4 rings (SSSR count). The molecule has 1 amide bonds. The molecule has 1 aliphatic heterocycles. The van der Waals surface area contributed by atoms with Crippen molar-refractivity contribution in [2.24, 2.45) is 7.05 Å². The van der Waals surface area contributed by atoms with E-state index in [1.165, 1.54) is 0 Å². The number of rotatable bonds is 4. The first-order valence-electron chi connectivity index (χ1n) is 8.61. The van der Waals surface area contributed by atoms with E-state index in [9.17, 15) is 4.79 Å². The maximum atomic E-state index is 12.6. The van der Waals surface area contributed by atoms with Gasteiger partial charge in [0, 0.05) is 25.4 Å². The topological polar surface area (TPSA) is 103 Å². The number of piperidine rings is 1. The molecule has 3 aromatic rings. The van der Waals surface area contributed by atoms with Gasteiger partial charge in [0.1, 0.15) is 5.69 Å². The Balaban J connectivity index is 1.51. The predicted octanol–water partition coefficient (Wildman–Crippen LogP) is 1.12. The smallest absolute Gasteiger partial charge is 0.276 e. The Bertz CT molecular complexity index is 895. The van der Waals surface area contributed by atoms with Crippen molar-refractivity contribution in [3.05, 3.63) is 48.2 Å². The Kier molecular flexibility index (Phi) is 4.44. The average Bonchev–Trinajstić information content (AvgIpc) is 3.33. The van der Waals surface area contributed by atoms with E-state index in [1.54, 1.807) is 53.1 Å². The summed E-state index contributed by atoms with van der Waals surface area (Å²) in [6, 6.07) is 7.03. The number of hydrogen-bond donors (Lipinski definition) is 2. The zero-order chi connectivity index (χ0) is 17.9. The van der Waals surface area contributed by atoms with Crippen LogP contribution in [0.2, 0.25) is 0 Å². The second-order valence-corrected chi connectivity index (χ2v) is 6.23. The van der Waals surface area contributed by atoms with Gasteiger partial charge in [0.15, 0.2) is 11.6 Å². The molecule has 26 heavy (non-hydrogen) atoms. The molecule has 1 fully saturated rings. The summed E-state index contributed by atoms with van der Waals surface area (Å²) < 4.78 is 3.21. The van der Waals surface area contributed by atoms with Crippen molar-refractivity contribution in [1.82, 2.24) is 34.8 Å². The minimum absolute atomic E-state index is 0.296. The van der Waals surface area contributed by atoms with Crippen LogP contribution >= 0.6 is 0 Å². The van der Waals surface area contributed by atoms with E-state index in [1.807, 2.05) is 0 Å². The van der Waals surface area contributed by atoms with Gasteiger partial charge in [-0.2, -0.15) is 15.2 Å². The Morgan fingerprint density at radius 2 is 2.08 bits per heavy atom. The van der Waals surface area contributed by atoms with E-state index in [0.29, 0.717) is 23.4 Å². The van der Waals surface area contributed by atoms with Gasteiger partial charge in [-0.25, -0.2) is 14.3 Å². The number of carbonyl (C=O) groups is 1. The first kappa shape index (κ1) is 16.4. The second kappa shape index (κ2) is 7.04. The van der Waals surface area contributed by atoms with Crippen LogP contribution in [0.25, 0.3) is 5.82 Å². The Labute approximate surface area is 150 Å². The van der Waals surface area contributed by atoms with Crippen molar-refractivity contribution in [2.75, 3.05) is 18.4 Å². The largest absolute Gasteiger partial charge is 0.317 e. The Morgan fingerprint density at radius 1 is 1.23 bits per heavy atom. The SMILES string of the molecule is Cn1nc(C2CCNCC2)nc1NC(=O)c1cccc(-n2cccn2)n1. The van der Waals surface area contributed by atoms with E-state index in [-0.39, 0.29) is 5.91 Å². The summed E-state index contributed by atoms with van der Waals surface area (Å²) >= 11 is 0. The van der Waals surface area contributed by atoms with Crippen molar-refractivity contribution in [3.63, 3.8) is 0 Å². The van der Waals surface area contributed by atoms with Gasteiger partial charge in [-0.1, -0.05) is 6.07 Å². The van der Waals surface area contributed by atoms with E-state index in [4.69, 9.17) is 0 Å². The molecule has 9 heteroatoms. The van der Waals surface area contributed by atoms with Crippen LogP contribution in [0.3, 0.4) is 0 Å². The van der Waals surface area contributed by atoms with Gasteiger partial charge in [0.25, 0.3) is 5.91 Å². The average molecular weight is 352 g/mol. The molecule has 9 nitrogen and oxygen atoms in total. The van der Waals surface area contributed by atoms with Crippen molar-refractivity contribution in [3.8, 4) is 5.82 Å². The molecule has 0 bridgehead atoms.